The molecule has 1 aromatic heterocycles. The molecule has 0 radical (unpaired) electrons. The minimum absolute atomic E-state index is 0.00249. The van der Waals surface area contributed by atoms with Gasteiger partial charge in [-0.1, -0.05) is 42.5 Å². The molecule has 26 heavy (non-hydrogen) atoms. The molecule has 2 aromatic carbocycles. The van der Waals surface area contributed by atoms with Crippen molar-refractivity contribution in [2.45, 2.75) is 25.8 Å². The summed E-state index contributed by atoms with van der Waals surface area (Å²) in [7, 11) is 0. The lowest BCUT2D eigenvalue weighted by molar-refractivity contribution is -0.120. The first-order valence-corrected chi connectivity index (χ1v) is 9.10. The minimum atomic E-state index is 0.00249. The van der Waals surface area contributed by atoms with Crippen molar-refractivity contribution in [1.82, 2.24) is 15.3 Å². The van der Waals surface area contributed by atoms with E-state index in [0.717, 1.165) is 41.1 Å². The van der Waals surface area contributed by atoms with Crippen molar-refractivity contribution in [2.75, 3.05) is 18.0 Å². The van der Waals surface area contributed by atoms with Gasteiger partial charge in [0, 0.05) is 19.3 Å². The number of carbonyl (C=O) groups is 1. The van der Waals surface area contributed by atoms with Crippen molar-refractivity contribution < 1.29 is 4.79 Å². The SMILES string of the molecule is O=C(Cc1cccc2ccccc12)NCc1ccnc(N2CCCC2)n1. The third-order valence-corrected chi connectivity index (χ3v) is 4.79. The fourth-order valence-electron chi connectivity index (χ4n) is 3.42. The normalized spacial score (nSPS) is 13.9. The molecule has 0 aliphatic carbocycles. The van der Waals surface area contributed by atoms with Crippen molar-refractivity contribution in [1.29, 1.82) is 0 Å². The lowest BCUT2D eigenvalue weighted by Gasteiger charge is -2.15. The zero-order valence-corrected chi connectivity index (χ0v) is 14.7. The van der Waals surface area contributed by atoms with Crippen molar-refractivity contribution in [3.8, 4) is 0 Å². The molecule has 5 heteroatoms. The fourth-order valence-corrected chi connectivity index (χ4v) is 3.42. The highest BCUT2D eigenvalue weighted by Crippen LogP contribution is 2.19. The molecule has 5 nitrogen and oxygen atoms in total. The van der Waals surface area contributed by atoms with Gasteiger partial charge in [0.1, 0.15) is 0 Å². The van der Waals surface area contributed by atoms with Crippen LogP contribution in [0.1, 0.15) is 24.1 Å². The van der Waals surface area contributed by atoms with Gasteiger partial charge in [-0.05, 0) is 35.2 Å². The lowest BCUT2D eigenvalue weighted by atomic mass is 10.0. The van der Waals surface area contributed by atoms with Crippen LogP contribution in [-0.2, 0) is 17.8 Å². The molecule has 1 saturated heterocycles. The van der Waals surface area contributed by atoms with Gasteiger partial charge in [-0.3, -0.25) is 4.79 Å². The Morgan fingerprint density at radius 3 is 2.73 bits per heavy atom. The van der Waals surface area contributed by atoms with Gasteiger partial charge in [0.05, 0.1) is 18.7 Å². The molecule has 1 aliphatic rings. The smallest absolute Gasteiger partial charge is 0.225 e. The number of benzene rings is 2. The van der Waals surface area contributed by atoms with Gasteiger partial charge in [-0.25, -0.2) is 9.97 Å². The van der Waals surface area contributed by atoms with Crippen molar-refractivity contribution in [3.05, 3.63) is 66.0 Å². The van der Waals surface area contributed by atoms with Gasteiger partial charge in [0.25, 0.3) is 0 Å². The first-order valence-electron chi connectivity index (χ1n) is 9.10. The van der Waals surface area contributed by atoms with Crippen molar-refractivity contribution in [2.24, 2.45) is 0 Å². The second-order valence-electron chi connectivity index (χ2n) is 6.63. The summed E-state index contributed by atoms with van der Waals surface area (Å²) in [6.45, 7) is 2.45. The predicted molar refractivity (Wildman–Crippen MR) is 103 cm³/mol. The number of aromatic nitrogens is 2. The van der Waals surface area contributed by atoms with Crippen LogP contribution >= 0.6 is 0 Å². The summed E-state index contributed by atoms with van der Waals surface area (Å²) < 4.78 is 0. The van der Waals surface area contributed by atoms with Crippen LogP contribution in [0.2, 0.25) is 0 Å². The number of hydrogen-bond donors (Lipinski definition) is 1. The van der Waals surface area contributed by atoms with E-state index in [1.807, 2.05) is 30.3 Å². The van der Waals surface area contributed by atoms with Gasteiger partial charge in [-0.2, -0.15) is 0 Å². The first kappa shape index (κ1) is 16.5. The molecule has 4 rings (SSSR count). The molecule has 0 bridgehead atoms. The minimum Gasteiger partial charge on any atom is -0.350 e. The Morgan fingerprint density at radius 1 is 1.04 bits per heavy atom. The molecular weight excluding hydrogens is 324 g/mol. The van der Waals surface area contributed by atoms with Gasteiger partial charge >= 0.3 is 0 Å². The van der Waals surface area contributed by atoms with Crippen LogP contribution < -0.4 is 10.2 Å². The molecule has 0 atom stereocenters. The molecule has 1 amide bonds. The van der Waals surface area contributed by atoms with Crippen LogP contribution in [-0.4, -0.2) is 29.0 Å². The number of anilines is 1. The zero-order chi connectivity index (χ0) is 17.8. The maximum atomic E-state index is 12.4. The lowest BCUT2D eigenvalue weighted by Crippen LogP contribution is -2.26. The topological polar surface area (TPSA) is 58.1 Å². The number of nitrogens with one attached hydrogen (secondary N) is 1. The van der Waals surface area contributed by atoms with Crippen LogP contribution in [0.25, 0.3) is 10.8 Å². The molecule has 1 aliphatic heterocycles. The summed E-state index contributed by atoms with van der Waals surface area (Å²) in [6, 6.07) is 16.1. The molecule has 0 saturated carbocycles. The third kappa shape index (κ3) is 3.67. The number of nitrogens with zero attached hydrogens (tertiary/aromatic N) is 3. The predicted octanol–water partition coefficient (Wildman–Crippen LogP) is 3.09. The van der Waals surface area contributed by atoms with E-state index in [1.165, 1.54) is 12.8 Å². The van der Waals surface area contributed by atoms with E-state index in [2.05, 4.69) is 38.4 Å². The summed E-state index contributed by atoms with van der Waals surface area (Å²) in [6.07, 6.45) is 4.52. The van der Waals surface area contributed by atoms with E-state index in [9.17, 15) is 4.79 Å². The fraction of sp³-hybridized carbons (Fsp3) is 0.286. The van der Waals surface area contributed by atoms with Gasteiger partial charge < -0.3 is 10.2 Å². The number of fused-ring (bicyclic) bond motifs is 1. The summed E-state index contributed by atoms with van der Waals surface area (Å²) >= 11 is 0. The molecule has 1 N–H and O–H groups in total. The van der Waals surface area contributed by atoms with Crippen LogP contribution in [0.4, 0.5) is 5.95 Å². The Morgan fingerprint density at radius 2 is 1.85 bits per heavy atom. The Kier molecular flexibility index (Phi) is 4.78. The average molecular weight is 346 g/mol. The quantitative estimate of drug-likeness (QED) is 0.771. The van der Waals surface area contributed by atoms with E-state index >= 15 is 0 Å². The Labute approximate surface area is 153 Å². The summed E-state index contributed by atoms with van der Waals surface area (Å²) in [5.41, 5.74) is 1.88. The second-order valence-corrected chi connectivity index (χ2v) is 6.63. The Balaban J connectivity index is 1.40. The molecule has 0 spiro atoms. The standard InChI is InChI=1S/C21H22N4O/c26-20(14-17-8-5-7-16-6-1-2-9-19(16)17)23-15-18-10-11-22-21(24-18)25-12-3-4-13-25/h1-2,5-11H,3-4,12-15H2,(H,23,26). The number of carbonyl (C=O) groups excluding carboxylic acids is 1. The van der Waals surface area contributed by atoms with Crippen molar-refractivity contribution >= 4 is 22.6 Å². The molecular formula is C21H22N4O. The van der Waals surface area contributed by atoms with E-state index in [1.54, 1.807) is 6.20 Å². The second kappa shape index (κ2) is 7.52. The largest absolute Gasteiger partial charge is 0.350 e. The van der Waals surface area contributed by atoms with Gasteiger partial charge in [0.15, 0.2) is 0 Å². The summed E-state index contributed by atoms with van der Waals surface area (Å²) in [5, 5.41) is 5.27. The number of hydrogen-bond acceptors (Lipinski definition) is 4. The molecule has 132 valence electrons. The Hall–Kier alpha value is -2.95. The monoisotopic (exact) mass is 346 g/mol. The van der Waals surface area contributed by atoms with Crippen molar-refractivity contribution in [3.63, 3.8) is 0 Å². The van der Waals surface area contributed by atoms with Crippen LogP contribution in [0.15, 0.2) is 54.7 Å². The van der Waals surface area contributed by atoms with Crippen LogP contribution in [0, 0.1) is 0 Å². The summed E-state index contributed by atoms with van der Waals surface area (Å²) in [4.78, 5) is 23.5. The average Bonchev–Trinajstić information content (AvgIpc) is 3.22. The van der Waals surface area contributed by atoms with Gasteiger partial charge in [0.2, 0.25) is 11.9 Å². The highest BCUT2D eigenvalue weighted by Gasteiger charge is 2.15. The maximum absolute atomic E-state index is 12.4. The first-order chi connectivity index (χ1) is 12.8. The summed E-state index contributed by atoms with van der Waals surface area (Å²) in [5.74, 6) is 0.769. The molecule has 3 aromatic rings. The number of rotatable bonds is 5. The van der Waals surface area contributed by atoms with Crippen LogP contribution in [0.5, 0.6) is 0 Å². The van der Waals surface area contributed by atoms with E-state index in [0.29, 0.717) is 13.0 Å². The highest BCUT2D eigenvalue weighted by atomic mass is 16.1. The maximum Gasteiger partial charge on any atom is 0.225 e. The Bertz CT molecular complexity index is 913. The molecule has 1 fully saturated rings. The van der Waals surface area contributed by atoms with E-state index in [4.69, 9.17) is 0 Å². The van der Waals surface area contributed by atoms with E-state index < -0.39 is 0 Å². The van der Waals surface area contributed by atoms with Gasteiger partial charge in [-0.15, -0.1) is 0 Å². The molecule has 2 heterocycles. The highest BCUT2D eigenvalue weighted by molar-refractivity contribution is 5.90. The molecule has 0 unspecified atom stereocenters. The zero-order valence-electron chi connectivity index (χ0n) is 14.7. The third-order valence-electron chi connectivity index (χ3n) is 4.79. The van der Waals surface area contributed by atoms with Crippen LogP contribution in [0.3, 0.4) is 0 Å². The number of amides is 1. The van der Waals surface area contributed by atoms with E-state index in [-0.39, 0.29) is 5.91 Å².